The van der Waals surface area contributed by atoms with Gasteiger partial charge in [0.25, 0.3) is 0 Å². The van der Waals surface area contributed by atoms with Gasteiger partial charge in [0.05, 0.1) is 11.1 Å². The molecule has 2 aliphatic rings. The number of rotatable bonds is 7. The van der Waals surface area contributed by atoms with Crippen LogP contribution < -0.4 is 15.9 Å². The molecule has 0 amide bonds. The van der Waals surface area contributed by atoms with E-state index in [4.69, 9.17) is 4.99 Å². The minimum Gasteiger partial charge on any atom is -0.309 e. The van der Waals surface area contributed by atoms with Crippen LogP contribution in [0.15, 0.2) is 228 Å². The topological polar surface area (TPSA) is 41.8 Å². The molecule has 0 saturated heterocycles. The van der Waals surface area contributed by atoms with E-state index in [2.05, 4.69) is 163 Å². The van der Waals surface area contributed by atoms with E-state index < -0.39 is 12.6 Å². The summed E-state index contributed by atoms with van der Waals surface area (Å²) in [6.45, 7) is 4.07. The molecule has 2 aliphatic carbocycles. The lowest BCUT2D eigenvalue weighted by molar-refractivity contribution is 0.592. The standard InChI is InChI=1S/C56H39N2OP/c1-57-55(41-29-31-44(32-30-41)60(59,45-33-27-39-17-5-7-19-42(39)36-45)46-34-28-40-18-6-8-20-43(40)37-46)58-54-49-23-11-14-26-52(49)56(53(54)35-38-15-3-2-4-16-38)50-24-12-9-21-47(50)48-22-10-13-25-51(48)56/h2-34,36-37H,1,35H2/b58-55-. The molecule has 0 aromatic heterocycles. The fourth-order valence-electron chi connectivity index (χ4n) is 9.82. The first-order chi connectivity index (χ1) is 29.6. The fraction of sp³-hybridized carbons (Fsp3) is 0.0357. The molecular formula is C56H39N2OP. The Kier molecular flexibility index (Phi) is 8.55. The zero-order chi connectivity index (χ0) is 40.3. The lowest BCUT2D eigenvalue weighted by Crippen LogP contribution is -2.28. The molecule has 0 saturated carbocycles. The second-order valence-corrected chi connectivity index (χ2v) is 18.5. The third-order valence-corrected chi connectivity index (χ3v) is 15.6. The molecule has 0 N–H and O–H groups in total. The Bertz CT molecular complexity index is 3160. The van der Waals surface area contributed by atoms with Crippen molar-refractivity contribution in [1.29, 1.82) is 0 Å². The van der Waals surface area contributed by atoms with E-state index in [9.17, 15) is 0 Å². The van der Waals surface area contributed by atoms with Crippen molar-refractivity contribution in [2.24, 2.45) is 9.98 Å². The van der Waals surface area contributed by atoms with Gasteiger partial charge in [-0.2, -0.15) is 0 Å². The molecule has 11 rings (SSSR count). The zero-order valence-electron chi connectivity index (χ0n) is 32.9. The minimum atomic E-state index is -3.34. The van der Waals surface area contributed by atoms with Crippen LogP contribution in [-0.4, -0.2) is 12.6 Å². The first-order valence-electron chi connectivity index (χ1n) is 20.4. The van der Waals surface area contributed by atoms with Gasteiger partial charge >= 0.3 is 0 Å². The third kappa shape index (κ3) is 5.47. The summed E-state index contributed by atoms with van der Waals surface area (Å²) >= 11 is 0. The molecule has 3 nitrogen and oxygen atoms in total. The van der Waals surface area contributed by atoms with Crippen LogP contribution in [0.5, 0.6) is 0 Å². The SMILES string of the molecule is C=N/C(=N\C1=C(Cc2ccccc2)C2(c3ccccc31)c1ccccc1-c1ccccc12)c1ccc(P(=O)(c2ccc3ccccc3c2)c2ccc3ccccc3c2)cc1. The molecule has 9 aromatic rings. The molecule has 0 radical (unpaired) electrons. The van der Waals surface area contributed by atoms with Gasteiger partial charge in [-0.3, -0.25) is 0 Å². The van der Waals surface area contributed by atoms with Crippen LogP contribution >= 0.6 is 7.14 Å². The van der Waals surface area contributed by atoms with Crippen LogP contribution in [0, 0.1) is 0 Å². The number of hydrogen-bond donors (Lipinski definition) is 0. The maximum Gasteiger partial charge on any atom is 0.171 e. The Morgan fingerprint density at radius 2 is 0.917 bits per heavy atom. The number of nitrogens with zero attached hydrogens (tertiary/aromatic N) is 2. The fourth-order valence-corrected chi connectivity index (χ4v) is 12.5. The maximum atomic E-state index is 16.0. The minimum absolute atomic E-state index is 0.514. The van der Waals surface area contributed by atoms with Crippen LogP contribution in [0.1, 0.15) is 33.4 Å². The van der Waals surface area contributed by atoms with Gasteiger partial charge in [0.2, 0.25) is 0 Å². The molecule has 60 heavy (non-hydrogen) atoms. The van der Waals surface area contributed by atoms with Gasteiger partial charge in [-0.25, -0.2) is 9.98 Å². The van der Waals surface area contributed by atoms with Gasteiger partial charge < -0.3 is 4.57 Å². The number of hydrogen-bond acceptors (Lipinski definition) is 2. The molecule has 0 heterocycles. The third-order valence-electron chi connectivity index (χ3n) is 12.6. The van der Waals surface area contributed by atoms with E-state index in [-0.39, 0.29) is 0 Å². The highest BCUT2D eigenvalue weighted by atomic mass is 31.2. The Morgan fingerprint density at radius 3 is 1.47 bits per heavy atom. The van der Waals surface area contributed by atoms with Crippen molar-refractivity contribution in [3.05, 3.63) is 251 Å². The quantitative estimate of drug-likeness (QED) is 0.0901. The van der Waals surface area contributed by atoms with Gasteiger partial charge in [0, 0.05) is 27.0 Å². The van der Waals surface area contributed by atoms with Crippen LogP contribution in [0.2, 0.25) is 0 Å². The van der Waals surface area contributed by atoms with E-state index in [0.717, 1.165) is 54.3 Å². The molecule has 0 bridgehead atoms. The van der Waals surface area contributed by atoms with Crippen molar-refractivity contribution in [2.75, 3.05) is 0 Å². The van der Waals surface area contributed by atoms with Crippen molar-refractivity contribution in [3.63, 3.8) is 0 Å². The lowest BCUT2D eigenvalue weighted by atomic mass is 9.68. The smallest absolute Gasteiger partial charge is 0.171 e. The first kappa shape index (κ1) is 35.9. The van der Waals surface area contributed by atoms with Crippen LogP contribution in [-0.2, 0) is 16.4 Å². The Labute approximate surface area is 350 Å². The van der Waals surface area contributed by atoms with E-state index in [1.807, 2.05) is 60.7 Å². The number of aliphatic imine (C=N–C) groups is 2. The highest BCUT2D eigenvalue weighted by Crippen LogP contribution is 2.62. The van der Waals surface area contributed by atoms with Crippen molar-refractivity contribution in [2.45, 2.75) is 11.8 Å². The average molecular weight is 787 g/mol. The Balaban J connectivity index is 1.10. The largest absolute Gasteiger partial charge is 0.309 e. The van der Waals surface area contributed by atoms with E-state index in [1.165, 1.54) is 39.0 Å². The average Bonchev–Trinajstić information content (AvgIpc) is 3.76. The summed E-state index contributed by atoms with van der Waals surface area (Å²) in [5.41, 5.74) is 10.9. The molecule has 0 atom stereocenters. The second kappa shape index (κ2) is 14.3. The summed E-state index contributed by atoms with van der Waals surface area (Å²) in [7, 11) is -3.34. The predicted molar refractivity (Wildman–Crippen MR) is 252 cm³/mol. The second-order valence-electron chi connectivity index (χ2n) is 15.7. The summed E-state index contributed by atoms with van der Waals surface area (Å²) in [5, 5.41) is 6.66. The zero-order valence-corrected chi connectivity index (χ0v) is 33.8. The normalized spacial score (nSPS) is 14.0. The summed E-state index contributed by atoms with van der Waals surface area (Å²) in [6.07, 6.45) is 0.696. The van der Waals surface area contributed by atoms with E-state index in [1.54, 1.807) is 0 Å². The molecule has 9 aromatic carbocycles. The van der Waals surface area contributed by atoms with Gasteiger partial charge in [0.15, 0.2) is 13.0 Å². The highest BCUT2D eigenvalue weighted by Gasteiger charge is 2.52. The number of benzene rings is 9. The van der Waals surface area contributed by atoms with Crippen molar-refractivity contribution in [1.82, 2.24) is 0 Å². The molecule has 0 aliphatic heterocycles. The van der Waals surface area contributed by atoms with E-state index >= 15 is 4.57 Å². The van der Waals surface area contributed by atoms with Crippen molar-refractivity contribution < 1.29 is 4.57 Å². The molecule has 4 heteroatoms. The highest BCUT2D eigenvalue weighted by molar-refractivity contribution is 7.85. The number of fused-ring (bicyclic) bond motifs is 9. The van der Waals surface area contributed by atoms with Gasteiger partial charge in [-0.1, -0.05) is 200 Å². The van der Waals surface area contributed by atoms with Gasteiger partial charge in [-0.05, 0) is 85.8 Å². The maximum absolute atomic E-state index is 16.0. The number of amidine groups is 1. The van der Waals surface area contributed by atoms with Crippen LogP contribution in [0.25, 0.3) is 38.4 Å². The first-order valence-corrected chi connectivity index (χ1v) is 22.1. The summed E-state index contributed by atoms with van der Waals surface area (Å²) in [5.74, 6) is 0.514. The van der Waals surface area contributed by atoms with Crippen molar-refractivity contribution in [3.8, 4) is 11.1 Å². The Morgan fingerprint density at radius 1 is 0.467 bits per heavy atom. The molecular weight excluding hydrogens is 748 g/mol. The molecule has 1 spiro atoms. The van der Waals surface area contributed by atoms with E-state index in [0.29, 0.717) is 12.3 Å². The van der Waals surface area contributed by atoms with Gasteiger partial charge in [0.1, 0.15) is 0 Å². The molecule has 284 valence electrons. The summed E-state index contributed by atoms with van der Waals surface area (Å²) in [4.78, 5) is 10.1. The Hall–Kier alpha value is -7.19. The monoisotopic (exact) mass is 786 g/mol. The van der Waals surface area contributed by atoms with Gasteiger partial charge in [-0.15, -0.1) is 0 Å². The van der Waals surface area contributed by atoms with Crippen molar-refractivity contribution >= 4 is 62.9 Å². The molecule has 0 fully saturated rings. The summed E-state index contributed by atoms with van der Waals surface area (Å²) in [6, 6.07) is 73.9. The molecule has 0 unspecified atom stereocenters. The van der Waals surface area contributed by atoms with Crippen LogP contribution in [0.4, 0.5) is 0 Å². The summed E-state index contributed by atoms with van der Waals surface area (Å²) < 4.78 is 16.0. The van der Waals surface area contributed by atoms with Crippen LogP contribution in [0.3, 0.4) is 0 Å². The predicted octanol–water partition coefficient (Wildman–Crippen LogP) is 12.1. The lowest BCUT2D eigenvalue weighted by Gasteiger charge is -2.32. The number of allylic oxidation sites excluding steroid dienone is 1.